The van der Waals surface area contributed by atoms with Gasteiger partial charge in [-0.05, 0) is 30.7 Å². The number of hydrogen-bond donors (Lipinski definition) is 2. The predicted octanol–water partition coefficient (Wildman–Crippen LogP) is 3.24. The molecule has 0 radical (unpaired) electrons. The Morgan fingerprint density at radius 3 is 2.62 bits per heavy atom. The molecule has 122 valence electrons. The Bertz CT molecular complexity index is 790. The van der Waals surface area contributed by atoms with Crippen molar-refractivity contribution in [1.82, 2.24) is 5.32 Å². The van der Waals surface area contributed by atoms with E-state index in [1.54, 1.807) is 0 Å². The molecule has 0 aromatic heterocycles. The lowest BCUT2D eigenvalue weighted by Crippen LogP contribution is -2.28. The fourth-order valence-electron chi connectivity index (χ4n) is 2.29. The number of hydrogen-bond acceptors (Lipinski definition) is 4. The summed E-state index contributed by atoms with van der Waals surface area (Å²) in [5.41, 5.74) is 2.52. The summed E-state index contributed by atoms with van der Waals surface area (Å²) in [4.78, 5) is 28.6. The Morgan fingerprint density at radius 1 is 1.17 bits per heavy atom. The smallest absolute Gasteiger partial charge is 0.240 e. The molecule has 1 aliphatic heterocycles. The molecule has 5 nitrogen and oxygen atoms in total. The number of anilines is 1. The number of rotatable bonds is 4. The molecule has 1 heterocycles. The van der Waals surface area contributed by atoms with E-state index in [1.807, 2.05) is 61.5 Å². The molecular weight excluding hydrogens is 322 g/mol. The maximum Gasteiger partial charge on any atom is 0.240 e. The topological polar surface area (TPSA) is 70.6 Å². The minimum Gasteiger partial charge on any atom is -0.326 e. The second-order valence-corrected chi connectivity index (χ2v) is 6.61. The standard InChI is InChI=1S/C18H17N3O2S/c1-12-7-5-6-10-14(12)20-16(22)11-15-17(23)21-18(24-15)19-13-8-3-2-4-9-13/h2-10,15H,11H2,1H3,(H,20,22)(H,19,21,23)/t15-/m0/s1. The zero-order valence-electron chi connectivity index (χ0n) is 13.2. The van der Waals surface area contributed by atoms with Gasteiger partial charge < -0.3 is 10.6 Å². The number of nitrogens with one attached hydrogen (secondary N) is 2. The summed E-state index contributed by atoms with van der Waals surface area (Å²) >= 11 is 1.29. The van der Waals surface area contributed by atoms with Gasteiger partial charge in [0.2, 0.25) is 11.8 Å². The summed E-state index contributed by atoms with van der Waals surface area (Å²) < 4.78 is 0. The number of carbonyl (C=O) groups excluding carboxylic acids is 2. The summed E-state index contributed by atoms with van der Waals surface area (Å²) in [6, 6.07) is 16.9. The van der Waals surface area contributed by atoms with Crippen molar-refractivity contribution in [3.63, 3.8) is 0 Å². The van der Waals surface area contributed by atoms with E-state index in [1.165, 1.54) is 11.8 Å². The van der Waals surface area contributed by atoms with Gasteiger partial charge in [0, 0.05) is 12.1 Å². The fraction of sp³-hybridized carbons (Fsp3) is 0.167. The van der Waals surface area contributed by atoms with Gasteiger partial charge in [-0.15, -0.1) is 0 Å². The highest BCUT2D eigenvalue weighted by molar-refractivity contribution is 8.15. The van der Waals surface area contributed by atoms with Crippen molar-refractivity contribution < 1.29 is 9.59 Å². The highest BCUT2D eigenvalue weighted by Gasteiger charge is 2.32. The zero-order valence-corrected chi connectivity index (χ0v) is 14.0. The van der Waals surface area contributed by atoms with Crippen LogP contribution in [0.1, 0.15) is 12.0 Å². The molecule has 1 fully saturated rings. The van der Waals surface area contributed by atoms with Gasteiger partial charge in [-0.2, -0.15) is 0 Å². The minimum atomic E-state index is -0.462. The quantitative estimate of drug-likeness (QED) is 0.898. The predicted molar refractivity (Wildman–Crippen MR) is 97.5 cm³/mol. The van der Waals surface area contributed by atoms with Gasteiger partial charge in [-0.25, -0.2) is 4.99 Å². The van der Waals surface area contributed by atoms with Crippen LogP contribution in [0.15, 0.2) is 59.6 Å². The molecule has 2 N–H and O–H groups in total. The Hall–Kier alpha value is -2.60. The van der Waals surface area contributed by atoms with Crippen molar-refractivity contribution in [2.24, 2.45) is 4.99 Å². The molecule has 2 amide bonds. The molecular formula is C18H17N3O2S. The fourth-order valence-corrected chi connectivity index (χ4v) is 3.28. The Balaban J connectivity index is 1.62. The van der Waals surface area contributed by atoms with Gasteiger partial charge in [-0.3, -0.25) is 9.59 Å². The van der Waals surface area contributed by atoms with Crippen molar-refractivity contribution in [2.75, 3.05) is 5.32 Å². The number of aryl methyl sites for hydroxylation is 1. The molecule has 0 saturated carbocycles. The summed E-state index contributed by atoms with van der Waals surface area (Å²) in [6.45, 7) is 1.93. The maximum absolute atomic E-state index is 12.2. The summed E-state index contributed by atoms with van der Waals surface area (Å²) in [5, 5.41) is 5.64. The van der Waals surface area contributed by atoms with Crippen LogP contribution in [-0.2, 0) is 9.59 Å². The first-order chi connectivity index (χ1) is 11.6. The average molecular weight is 339 g/mol. The van der Waals surface area contributed by atoms with Crippen molar-refractivity contribution in [3.05, 3.63) is 60.2 Å². The van der Waals surface area contributed by atoms with Crippen molar-refractivity contribution in [2.45, 2.75) is 18.6 Å². The van der Waals surface area contributed by atoms with Gasteiger partial charge in [0.25, 0.3) is 0 Å². The van der Waals surface area contributed by atoms with Crippen LogP contribution in [0.5, 0.6) is 0 Å². The van der Waals surface area contributed by atoms with Gasteiger partial charge >= 0.3 is 0 Å². The Kier molecular flexibility index (Phi) is 4.96. The lowest BCUT2D eigenvalue weighted by Gasteiger charge is -2.09. The number of thioether (sulfide) groups is 1. The average Bonchev–Trinajstić information content (AvgIpc) is 2.90. The van der Waals surface area contributed by atoms with E-state index in [9.17, 15) is 9.59 Å². The van der Waals surface area contributed by atoms with E-state index < -0.39 is 5.25 Å². The molecule has 1 aliphatic rings. The van der Waals surface area contributed by atoms with E-state index in [0.717, 1.165) is 16.9 Å². The van der Waals surface area contributed by atoms with Gasteiger partial charge in [-0.1, -0.05) is 48.2 Å². The second kappa shape index (κ2) is 7.31. The largest absolute Gasteiger partial charge is 0.326 e. The van der Waals surface area contributed by atoms with E-state index in [0.29, 0.717) is 5.17 Å². The first-order valence-corrected chi connectivity index (χ1v) is 8.46. The van der Waals surface area contributed by atoms with Crippen LogP contribution in [0.25, 0.3) is 0 Å². The third-order valence-electron chi connectivity index (χ3n) is 3.55. The van der Waals surface area contributed by atoms with E-state index >= 15 is 0 Å². The maximum atomic E-state index is 12.2. The molecule has 0 unspecified atom stereocenters. The van der Waals surface area contributed by atoms with E-state index in [4.69, 9.17) is 0 Å². The van der Waals surface area contributed by atoms with E-state index in [2.05, 4.69) is 15.6 Å². The van der Waals surface area contributed by atoms with Crippen LogP contribution in [-0.4, -0.2) is 22.2 Å². The van der Waals surface area contributed by atoms with Crippen LogP contribution in [0.2, 0.25) is 0 Å². The number of benzene rings is 2. The molecule has 1 saturated heterocycles. The highest BCUT2D eigenvalue weighted by Crippen LogP contribution is 2.25. The lowest BCUT2D eigenvalue weighted by atomic mass is 10.2. The van der Waals surface area contributed by atoms with Crippen LogP contribution < -0.4 is 10.6 Å². The normalized spacial score (nSPS) is 18.5. The number of para-hydroxylation sites is 2. The summed E-state index contributed by atoms with van der Waals surface area (Å²) in [5.74, 6) is -0.368. The van der Waals surface area contributed by atoms with Crippen LogP contribution in [0, 0.1) is 6.92 Å². The number of amides is 2. The van der Waals surface area contributed by atoms with Gasteiger partial charge in [0.1, 0.15) is 5.25 Å². The Morgan fingerprint density at radius 2 is 1.88 bits per heavy atom. The van der Waals surface area contributed by atoms with Gasteiger partial charge in [0.05, 0.1) is 5.69 Å². The molecule has 2 aromatic rings. The molecule has 3 rings (SSSR count). The second-order valence-electron chi connectivity index (χ2n) is 5.42. The van der Waals surface area contributed by atoms with E-state index in [-0.39, 0.29) is 18.2 Å². The third-order valence-corrected chi connectivity index (χ3v) is 4.64. The molecule has 0 bridgehead atoms. The lowest BCUT2D eigenvalue weighted by molar-refractivity contribution is -0.122. The number of aliphatic imine (C=N–C) groups is 1. The molecule has 2 aromatic carbocycles. The highest BCUT2D eigenvalue weighted by atomic mass is 32.2. The van der Waals surface area contributed by atoms with Crippen molar-refractivity contribution in [1.29, 1.82) is 0 Å². The van der Waals surface area contributed by atoms with Crippen molar-refractivity contribution >= 4 is 40.1 Å². The van der Waals surface area contributed by atoms with Crippen molar-refractivity contribution in [3.8, 4) is 0 Å². The van der Waals surface area contributed by atoms with Crippen LogP contribution in [0.4, 0.5) is 11.4 Å². The minimum absolute atomic E-state index is 0.110. The SMILES string of the molecule is Cc1ccccc1NC(=O)C[C@@H]1SC(=Nc2ccccc2)NC1=O. The Labute approximate surface area is 144 Å². The monoisotopic (exact) mass is 339 g/mol. The first kappa shape index (κ1) is 16.3. The number of carbonyl (C=O) groups is 2. The zero-order chi connectivity index (χ0) is 16.9. The molecule has 1 atom stereocenters. The molecule has 0 spiro atoms. The van der Waals surface area contributed by atoms with Gasteiger partial charge in [0.15, 0.2) is 5.17 Å². The molecule has 6 heteroatoms. The summed E-state index contributed by atoms with van der Waals surface area (Å²) in [6.07, 6.45) is 0.110. The van der Waals surface area contributed by atoms with Crippen LogP contribution in [0.3, 0.4) is 0 Å². The number of amidine groups is 1. The van der Waals surface area contributed by atoms with Crippen LogP contribution >= 0.6 is 11.8 Å². The number of nitrogens with zero attached hydrogens (tertiary/aromatic N) is 1. The summed E-state index contributed by atoms with van der Waals surface area (Å²) in [7, 11) is 0. The first-order valence-electron chi connectivity index (χ1n) is 7.58. The third kappa shape index (κ3) is 4.02. The molecule has 0 aliphatic carbocycles. The molecule has 24 heavy (non-hydrogen) atoms.